The van der Waals surface area contributed by atoms with Crippen LogP contribution >= 0.6 is 0 Å². The van der Waals surface area contributed by atoms with E-state index in [9.17, 15) is 0 Å². The number of nitrogens with zero attached hydrogens (tertiary/aromatic N) is 1. The molecular formula is C11H23N3. The summed E-state index contributed by atoms with van der Waals surface area (Å²) in [6.45, 7) is 6.61. The summed E-state index contributed by atoms with van der Waals surface area (Å²) < 4.78 is 0. The summed E-state index contributed by atoms with van der Waals surface area (Å²) in [5.41, 5.74) is 2.99. The maximum Gasteiger partial charge on any atom is 0.111 e. The summed E-state index contributed by atoms with van der Waals surface area (Å²) in [7, 11) is 0. The number of hydrazine groups is 1. The van der Waals surface area contributed by atoms with Gasteiger partial charge in [0.1, 0.15) is 5.84 Å². The van der Waals surface area contributed by atoms with Crippen LogP contribution in [0.4, 0.5) is 0 Å². The Morgan fingerprint density at radius 3 is 2.36 bits per heavy atom. The average Bonchev–Trinajstić information content (AvgIpc) is 2.53. The molecule has 3 nitrogen and oxygen atoms in total. The molecule has 0 unspecified atom stereocenters. The fourth-order valence-corrected chi connectivity index (χ4v) is 1.89. The van der Waals surface area contributed by atoms with E-state index >= 15 is 0 Å². The molecule has 1 rings (SSSR count). The lowest BCUT2D eigenvalue weighted by atomic mass is 9.92. The second kappa shape index (κ2) is 4.78. The Kier molecular flexibility index (Phi) is 3.93. The van der Waals surface area contributed by atoms with Gasteiger partial charge in [-0.15, -0.1) is 0 Å². The number of amidine groups is 1. The van der Waals surface area contributed by atoms with Gasteiger partial charge in [0, 0.05) is 6.42 Å². The molecule has 3 heteroatoms. The van der Waals surface area contributed by atoms with E-state index in [0.717, 1.165) is 12.3 Å². The quantitative estimate of drug-likeness (QED) is 0.309. The van der Waals surface area contributed by atoms with Gasteiger partial charge in [-0.3, -0.25) is 4.99 Å². The molecule has 0 aliphatic heterocycles. The highest BCUT2D eigenvalue weighted by Gasteiger charge is 2.17. The molecule has 82 valence electrons. The Labute approximate surface area is 87.1 Å². The molecule has 0 saturated heterocycles. The molecule has 1 aliphatic rings. The Balaban J connectivity index is 2.51. The highest BCUT2D eigenvalue weighted by molar-refractivity contribution is 5.82. The Morgan fingerprint density at radius 2 is 1.93 bits per heavy atom. The van der Waals surface area contributed by atoms with Gasteiger partial charge in [-0.2, -0.15) is 0 Å². The molecule has 14 heavy (non-hydrogen) atoms. The van der Waals surface area contributed by atoms with Gasteiger partial charge in [-0.1, -0.05) is 33.6 Å². The Hall–Kier alpha value is -0.570. The van der Waals surface area contributed by atoms with Gasteiger partial charge < -0.3 is 5.43 Å². The zero-order chi connectivity index (χ0) is 10.6. The van der Waals surface area contributed by atoms with E-state index in [1.165, 1.54) is 25.7 Å². The molecule has 0 bridgehead atoms. The minimum Gasteiger partial charge on any atom is -0.312 e. The van der Waals surface area contributed by atoms with Crippen molar-refractivity contribution in [2.45, 2.75) is 58.9 Å². The van der Waals surface area contributed by atoms with Crippen molar-refractivity contribution in [3.63, 3.8) is 0 Å². The van der Waals surface area contributed by atoms with E-state index in [0.29, 0.717) is 6.04 Å². The minimum absolute atomic E-state index is 0.254. The van der Waals surface area contributed by atoms with Gasteiger partial charge in [0.25, 0.3) is 0 Å². The maximum absolute atomic E-state index is 5.48. The minimum atomic E-state index is 0.254. The van der Waals surface area contributed by atoms with Crippen molar-refractivity contribution in [2.75, 3.05) is 0 Å². The molecule has 0 amide bonds. The van der Waals surface area contributed by atoms with Crippen molar-refractivity contribution in [1.29, 1.82) is 0 Å². The van der Waals surface area contributed by atoms with Crippen LogP contribution in [0.15, 0.2) is 4.99 Å². The Bertz CT molecular complexity index is 197. The molecule has 1 saturated carbocycles. The molecule has 0 aromatic heterocycles. The van der Waals surface area contributed by atoms with Gasteiger partial charge in [0.05, 0.1) is 6.04 Å². The lowest BCUT2D eigenvalue weighted by Crippen LogP contribution is -2.34. The zero-order valence-corrected chi connectivity index (χ0v) is 9.64. The summed E-state index contributed by atoms with van der Waals surface area (Å²) in [6.07, 6.45) is 6.04. The van der Waals surface area contributed by atoms with Crippen molar-refractivity contribution in [3.8, 4) is 0 Å². The van der Waals surface area contributed by atoms with Crippen LogP contribution in [0.1, 0.15) is 52.9 Å². The Morgan fingerprint density at radius 1 is 1.36 bits per heavy atom. The van der Waals surface area contributed by atoms with E-state index in [1.54, 1.807) is 0 Å². The van der Waals surface area contributed by atoms with E-state index in [4.69, 9.17) is 5.84 Å². The third-order valence-corrected chi connectivity index (χ3v) is 2.53. The number of rotatable bonds is 2. The van der Waals surface area contributed by atoms with Crippen molar-refractivity contribution in [2.24, 2.45) is 16.3 Å². The first kappa shape index (κ1) is 11.5. The molecule has 0 aromatic rings. The first-order valence-corrected chi connectivity index (χ1v) is 5.54. The topological polar surface area (TPSA) is 50.4 Å². The molecule has 0 spiro atoms. The summed E-state index contributed by atoms with van der Waals surface area (Å²) in [6, 6.07) is 0.517. The van der Waals surface area contributed by atoms with Crippen LogP contribution in [0.25, 0.3) is 0 Å². The van der Waals surface area contributed by atoms with Gasteiger partial charge in [0.15, 0.2) is 0 Å². The van der Waals surface area contributed by atoms with Crippen LogP contribution in [0.3, 0.4) is 0 Å². The number of hydrogen-bond donors (Lipinski definition) is 2. The molecule has 0 atom stereocenters. The number of nitrogens with two attached hydrogens (primary N) is 1. The molecule has 0 heterocycles. The first-order chi connectivity index (χ1) is 6.51. The van der Waals surface area contributed by atoms with Gasteiger partial charge in [-0.05, 0) is 18.3 Å². The first-order valence-electron chi connectivity index (χ1n) is 5.54. The van der Waals surface area contributed by atoms with Crippen LogP contribution in [0.5, 0.6) is 0 Å². The van der Waals surface area contributed by atoms with Crippen LogP contribution in [0, 0.1) is 5.41 Å². The third-order valence-electron chi connectivity index (χ3n) is 2.53. The van der Waals surface area contributed by atoms with Crippen LogP contribution in [-0.2, 0) is 0 Å². The third kappa shape index (κ3) is 4.09. The van der Waals surface area contributed by atoms with Crippen molar-refractivity contribution < 1.29 is 0 Å². The second-order valence-electron chi connectivity index (χ2n) is 5.40. The van der Waals surface area contributed by atoms with Gasteiger partial charge in [0.2, 0.25) is 0 Å². The highest BCUT2D eigenvalue weighted by Crippen LogP contribution is 2.23. The van der Waals surface area contributed by atoms with E-state index in [-0.39, 0.29) is 5.41 Å². The number of nitrogens with one attached hydrogen (secondary N) is 1. The van der Waals surface area contributed by atoms with Crippen LogP contribution < -0.4 is 11.3 Å². The van der Waals surface area contributed by atoms with Crippen LogP contribution in [-0.4, -0.2) is 11.9 Å². The largest absolute Gasteiger partial charge is 0.312 e. The maximum atomic E-state index is 5.48. The summed E-state index contributed by atoms with van der Waals surface area (Å²) >= 11 is 0. The van der Waals surface area contributed by atoms with Gasteiger partial charge in [-0.25, -0.2) is 5.84 Å². The van der Waals surface area contributed by atoms with Crippen molar-refractivity contribution in [3.05, 3.63) is 0 Å². The smallest absolute Gasteiger partial charge is 0.111 e. The molecule has 3 N–H and O–H groups in total. The predicted molar refractivity (Wildman–Crippen MR) is 61.1 cm³/mol. The normalized spacial score (nSPS) is 20.1. The van der Waals surface area contributed by atoms with E-state index < -0.39 is 0 Å². The monoisotopic (exact) mass is 197 g/mol. The van der Waals surface area contributed by atoms with Crippen molar-refractivity contribution in [1.82, 2.24) is 5.43 Å². The van der Waals surface area contributed by atoms with Crippen LogP contribution in [0.2, 0.25) is 0 Å². The lowest BCUT2D eigenvalue weighted by Gasteiger charge is -2.20. The highest BCUT2D eigenvalue weighted by atomic mass is 15.3. The molecule has 0 radical (unpaired) electrons. The molecule has 0 aromatic carbocycles. The predicted octanol–water partition coefficient (Wildman–Crippen LogP) is 2.23. The fourth-order valence-electron chi connectivity index (χ4n) is 1.89. The number of aliphatic imine (C=N–C) groups is 1. The standard InChI is InChI=1S/C11H23N3/c1-11(2,3)8-10(14-12)13-9-6-4-5-7-9/h9H,4-8,12H2,1-3H3,(H,13,14). The van der Waals surface area contributed by atoms with E-state index in [2.05, 4.69) is 31.2 Å². The zero-order valence-electron chi connectivity index (χ0n) is 9.64. The number of hydrogen-bond acceptors (Lipinski definition) is 2. The van der Waals surface area contributed by atoms with Crippen molar-refractivity contribution >= 4 is 5.84 Å². The van der Waals surface area contributed by atoms with E-state index in [1.807, 2.05) is 0 Å². The summed E-state index contributed by atoms with van der Waals surface area (Å²) in [4.78, 5) is 4.66. The molecular weight excluding hydrogens is 174 g/mol. The molecule has 1 aliphatic carbocycles. The second-order valence-corrected chi connectivity index (χ2v) is 5.40. The molecule has 1 fully saturated rings. The fraction of sp³-hybridized carbons (Fsp3) is 0.909. The van der Waals surface area contributed by atoms with Gasteiger partial charge >= 0.3 is 0 Å². The SMILES string of the molecule is CC(C)(C)CC(=NC1CCCC1)NN. The average molecular weight is 197 g/mol. The summed E-state index contributed by atoms with van der Waals surface area (Å²) in [5, 5.41) is 0. The lowest BCUT2D eigenvalue weighted by molar-refractivity contribution is 0.427. The summed E-state index contributed by atoms with van der Waals surface area (Å²) in [5.74, 6) is 6.44.